The SMILES string of the molecule is O=C(COc1ccc(Cl)cc1)N/N=C/c1cccc([N+](=O)[O-])c1O. The van der Waals surface area contributed by atoms with Crippen LogP contribution in [0.25, 0.3) is 0 Å². The smallest absolute Gasteiger partial charge is 0.311 e. The lowest BCUT2D eigenvalue weighted by molar-refractivity contribution is -0.385. The number of benzene rings is 2. The lowest BCUT2D eigenvalue weighted by Crippen LogP contribution is -2.24. The number of aromatic hydroxyl groups is 1. The third kappa shape index (κ3) is 4.68. The largest absolute Gasteiger partial charge is 0.502 e. The Hall–Kier alpha value is -3.13. The van der Waals surface area contributed by atoms with Crippen molar-refractivity contribution in [2.45, 2.75) is 0 Å². The molecule has 124 valence electrons. The van der Waals surface area contributed by atoms with E-state index in [0.29, 0.717) is 10.8 Å². The number of rotatable bonds is 6. The number of nitro benzene ring substituents is 1. The van der Waals surface area contributed by atoms with E-state index in [-0.39, 0.29) is 12.2 Å². The third-order valence-corrected chi connectivity index (χ3v) is 3.07. The summed E-state index contributed by atoms with van der Waals surface area (Å²) in [6, 6.07) is 10.4. The van der Waals surface area contributed by atoms with E-state index in [4.69, 9.17) is 16.3 Å². The molecule has 0 heterocycles. The number of nitro groups is 1. The van der Waals surface area contributed by atoms with Crippen molar-refractivity contribution < 1.29 is 19.6 Å². The van der Waals surface area contributed by atoms with Gasteiger partial charge in [0.15, 0.2) is 6.61 Å². The maximum absolute atomic E-state index is 11.6. The molecule has 2 aromatic rings. The lowest BCUT2D eigenvalue weighted by atomic mass is 10.2. The Morgan fingerprint density at radius 1 is 1.33 bits per heavy atom. The Kier molecular flexibility index (Phi) is 5.69. The van der Waals surface area contributed by atoms with Crippen molar-refractivity contribution >= 4 is 29.4 Å². The summed E-state index contributed by atoms with van der Waals surface area (Å²) in [7, 11) is 0. The van der Waals surface area contributed by atoms with Crippen molar-refractivity contribution in [3.63, 3.8) is 0 Å². The molecular formula is C15H12ClN3O5. The van der Waals surface area contributed by atoms with Crippen LogP contribution in [-0.4, -0.2) is 28.8 Å². The van der Waals surface area contributed by atoms with Crippen LogP contribution in [0.4, 0.5) is 5.69 Å². The topological polar surface area (TPSA) is 114 Å². The van der Waals surface area contributed by atoms with Crippen LogP contribution in [0.15, 0.2) is 47.6 Å². The number of nitrogens with one attached hydrogen (secondary N) is 1. The molecule has 2 aromatic carbocycles. The summed E-state index contributed by atoms with van der Waals surface area (Å²) in [5, 5.41) is 24.6. The molecule has 2 N–H and O–H groups in total. The Morgan fingerprint density at radius 2 is 2.04 bits per heavy atom. The van der Waals surface area contributed by atoms with Crippen LogP contribution >= 0.6 is 11.6 Å². The second-order valence-electron chi connectivity index (χ2n) is 4.51. The van der Waals surface area contributed by atoms with Gasteiger partial charge in [0.05, 0.1) is 11.1 Å². The number of halogens is 1. The minimum atomic E-state index is -0.717. The Balaban J connectivity index is 1.89. The summed E-state index contributed by atoms with van der Waals surface area (Å²) < 4.78 is 5.22. The van der Waals surface area contributed by atoms with Crippen LogP contribution in [0.2, 0.25) is 5.02 Å². The number of hydrogen-bond donors (Lipinski definition) is 2. The van der Waals surface area contributed by atoms with Crippen LogP contribution in [0.5, 0.6) is 11.5 Å². The molecule has 8 nitrogen and oxygen atoms in total. The van der Waals surface area contributed by atoms with E-state index in [0.717, 1.165) is 12.3 Å². The molecule has 0 fully saturated rings. The van der Waals surface area contributed by atoms with Crippen molar-refractivity contribution in [2.24, 2.45) is 5.10 Å². The minimum Gasteiger partial charge on any atom is -0.502 e. The molecule has 2 rings (SSSR count). The second-order valence-corrected chi connectivity index (χ2v) is 4.94. The summed E-state index contributed by atoms with van der Waals surface area (Å²) in [6.45, 7) is -0.278. The van der Waals surface area contributed by atoms with Crippen molar-refractivity contribution in [3.05, 3.63) is 63.2 Å². The highest BCUT2D eigenvalue weighted by Crippen LogP contribution is 2.27. The number of nitrogens with zero attached hydrogens (tertiary/aromatic N) is 2. The van der Waals surface area contributed by atoms with E-state index in [9.17, 15) is 20.0 Å². The first-order valence-electron chi connectivity index (χ1n) is 6.64. The summed E-state index contributed by atoms with van der Waals surface area (Å²) in [5.74, 6) is -0.598. The number of carbonyl (C=O) groups is 1. The van der Waals surface area contributed by atoms with E-state index >= 15 is 0 Å². The molecule has 0 spiro atoms. The standard InChI is InChI=1S/C15H12ClN3O5/c16-11-4-6-12(7-5-11)24-9-14(20)18-17-8-10-2-1-3-13(15(10)21)19(22)23/h1-8,21H,9H2,(H,18,20)/b17-8+. The second kappa shape index (κ2) is 7.93. The molecule has 0 aliphatic rings. The highest BCUT2D eigenvalue weighted by molar-refractivity contribution is 6.30. The first-order valence-corrected chi connectivity index (χ1v) is 7.02. The fraction of sp³-hybridized carbons (Fsp3) is 0.0667. The van der Waals surface area contributed by atoms with Gasteiger partial charge in [-0.25, -0.2) is 5.43 Å². The van der Waals surface area contributed by atoms with Gasteiger partial charge in [-0.15, -0.1) is 0 Å². The molecule has 24 heavy (non-hydrogen) atoms. The zero-order valence-corrected chi connectivity index (χ0v) is 12.9. The fourth-order valence-corrected chi connectivity index (χ4v) is 1.81. The number of phenols is 1. The number of para-hydroxylation sites is 1. The van der Waals surface area contributed by atoms with Crippen LogP contribution in [-0.2, 0) is 4.79 Å². The highest BCUT2D eigenvalue weighted by atomic mass is 35.5. The van der Waals surface area contributed by atoms with Gasteiger partial charge in [-0.2, -0.15) is 5.10 Å². The molecule has 0 radical (unpaired) electrons. The van der Waals surface area contributed by atoms with E-state index in [1.807, 2.05) is 0 Å². The van der Waals surface area contributed by atoms with Gasteiger partial charge in [0.25, 0.3) is 5.91 Å². The lowest BCUT2D eigenvalue weighted by Gasteiger charge is -2.04. The molecular weight excluding hydrogens is 338 g/mol. The van der Waals surface area contributed by atoms with Crippen LogP contribution in [0.1, 0.15) is 5.56 Å². The molecule has 0 aliphatic heterocycles. The Labute approximate surface area is 141 Å². The van der Waals surface area contributed by atoms with Crippen molar-refractivity contribution in [1.82, 2.24) is 5.43 Å². The van der Waals surface area contributed by atoms with Gasteiger partial charge >= 0.3 is 5.69 Å². The molecule has 0 aliphatic carbocycles. The van der Waals surface area contributed by atoms with Gasteiger partial charge in [-0.3, -0.25) is 14.9 Å². The first-order chi connectivity index (χ1) is 11.5. The third-order valence-electron chi connectivity index (χ3n) is 2.82. The maximum atomic E-state index is 11.6. The van der Waals surface area contributed by atoms with E-state index in [1.165, 1.54) is 12.1 Å². The van der Waals surface area contributed by atoms with Gasteiger partial charge in [-0.1, -0.05) is 17.7 Å². The van der Waals surface area contributed by atoms with Gasteiger partial charge in [-0.05, 0) is 30.3 Å². The number of hydrazone groups is 1. The molecule has 9 heteroatoms. The summed E-state index contributed by atoms with van der Waals surface area (Å²) in [6.07, 6.45) is 1.10. The summed E-state index contributed by atoms with van der Waals surface area (Å²) >= 11 is 5.73. The van der Waals surface area contributed by atoms with E-state index < -0.39 is 22.3 Å². The Bertz CT molecular complexity index is 777. The number of amides is 1. The van der Waals surface area contributed by atoms with Gasteiger partial charge in [0, 0.05) is 16.7 Å². The molecule has 0 aromatic heterocycles. The Morgan fingerprint density at radius 3 is 2.71 bits per heavy atom. The zero-order chi connectivity index (χ0) is 17.5. The minimum absolute atomic E-state index is 0.100. The first kappa shape index (κ1) is 17.2. The van der Waals surface area contributed by atoms with Crippen LogP contribution in [0, 0.1) is 10.1 Å². The fourth-order valence-electron chi connectivity index (χ4n) is 1.69. The predicted molar refractivity (Wildman–Crippen MR) is 87.4 cm³/mol. The molecule has 0 saturated heterocycles. The predicted octanol–water partition coefficient (Wildman–Crippen LogP) is 2.48. The van der Waals surface area contributed by atoms with Gasteiger partial charge in [0.2, 0.25) is 5.75 Å². The molecule has 0 atom stereocenters. The highest BCUT2D eigenvalue weighted by Gasteiger charge is 2.15. The number of phenolic OH excluding ortho intramolecular Hbond substituents is 1. The molecule has 0 unspecified atom stereocenters. The molecule has 0 saturated carbocycles. The monoisotopic (exact) mass is 349 g/mol. The number of carbonyl (C=O) groups excluding carboxylic acids is 1. The summed E-state index contributed by atoms with van der Waals surface area (Å²) in [5.41, 5.74) is 1.84. The van der Waals surface area contributed by atoms with Gasteiger partial charge in [0.1, 0.15) is 5.75 Å². The summed E-state index contributed by atoms with van der Waals surface area (Å²) in [4.78, 5) is 21.6. The van der Waals surface area contributed by atoms with Crippen molar-refractivity contribution in [3.8, 4) is 11.5 Å². The average Bonchev–Trinajstić information content (AvgIpc) is 2.55. The zero-order valence-electron chi connectivity index (χ0n) is 12.2. The number of hydrogen-bond acceptors (Lipinski definition) is 6. The van der Waals surface area contributed by atoms with Crippen LogP contribution < -0.4 is 10.2 Å². The molecule has 0 bridgehead atoms. The van der Waals surface area contributed by atoms with Crippen molar-refractivity contribution in [1.29, 1.82) is 0 Å². The average molecular weight is 350 g/mol. The molecule has 1 amide bonds. The van der Waals surface area contributed by atoms with E-state index in [1.54, 1.807) is 24.3 Å². The normalized spacial score (nSPS) is 10.5. The van der Waals surface area contributed by atoms with Crippen molar-refractivity contribution in [2.75, 3.05) is 6.61 Å². The number of ether oxygens (including phenoxy) is 1. The van der Waals surface area contributed by atoms with Gasteiger partial charge < -0.3 is 9.84 Å². The maximum Gasteiger partial charge on any atom is 0.311 e. The van der Waals surface area contributed by atoms with E-state index in [2.05, 4.69) is 10.5 Å². The van der Waals surface area contributed by atoms with Crippen LogP contribution in [0.3, 0.4) is 0 Å². The quantitative estimate of drug-likeness (QED) is 0.472.